The Hall–Kier alpha value is -3.13. The van der Waals surface area contributed by atoms with Gasteiger partial charge in [-0.3, -0.25) is 9.20 Å². The maximum absolute atomic E-state index is 13.0. The van der Waals surface area contributed by atoms with Crippen molar-refractivity contribution in [3.05, 3.63) is 62.8 Å². The summed E-state index contributed by atoms with van der Waals surface area (Å²) in [4.78, 5) is 35.7. The molecule has 33 heavy (non-hydrogen) atoms. The maximum atomic E-state index is 13.0. The van der Waals surface area contributed by atoms with E-state index in [1.165, 1.54) is 12.8 Å². The van der Waals surface area contributed by atoms with Crippen LogP contribution in [0.4, 0.5) is 11.5 Å². The molecule has 5 rings (SSSR count). The first-order chi connectivity index (χ1) is 15.7. The number of nitrogens with zero attached hydrogens (tertiary/aromatic N) is 4. The Balaban J connectivity index is 1.53. The number of halogens is 1. The topological polar surface area (TPSA) is 99.8 Å². The van der Waals surface area contributed by atoms with Crippen molar-refractivity contribution < 1.29 is 9.90 Å². The molecule has 172 valence electrons. The van der Waals surface area contributed by atoms with E-state index >= 15 is 0 Å². The van der Waals surface area contributed by atoms with Crippen LogP contribution >= 0.6 is 11.6 Å². The molecule has 2 N–H and O–H groups in total. The molecular weight excluding hydrogens is 442 g/mol. The Morgan fingerprint density at radius 2 is 1.91 bits per heavy atom. The molecule has 1 aliphatic carbocycles. The molecule has 0 aromatic carbocycles. The predicted octanol–water partition coefficient (Wildman–Crippen LogP) is 4.30. The Morgan fingerprint density at radius 1 is 1.18 bits per heavy atom. The molecule has 1 saturated carbocycles. The number of carboxylic acid groups (broad SMARTS) is 1. The molecule has 1 spiro atoms. The van der Waals surface area contributed by atoms with Crippen molar-refractivity contribution in [2.45, 2.75) is 45.6 Å². The van der Waals surface area contributed by atoms with Crippen molar-refractivity contribution in [1.29, 1.82) is 0 Å². The van der Waals surface area contributed by atoms with Gasteiger partial charge in [-0.25, -0.2) is 14.8 Å². The van der Waals surface area contributed by atoms with Crippen molar-refractivity contribution in [2.75, 3.05) is 23.3 Å². The molecule has 1 aliphatic heterocycles. The smallest absolute Gasteiger partial charge is 0.356 e. The van der Waals surface area contributed by atoms with E-state index in [2.05, 4.69) is 15.2 Å². The van der Waals surface area contributed by atoms with Gasteiger partial charge in [0.05, 0.1) is 11.7 Å². The average Bonchev–Trinajstić information content (AvgIpc) is 3.54. The van der Waals surface area contributed by atoms with E-state index in [1.54, 1.807) is 28.8 Å². The number of piperidine rings is 1. The zero-order valence-electron chi connectivity index (χ0n) is 18.6. The fourth-order valence-corrected chi connectivity index (χ4v) is 4.90. The third-order valence-corrected chi connectivity index (χ3v) is 7.13. The van der Waals surface area contributed by atoms with Gasteiger partial charge in [-0.05, 0) is 68.7 Å². The number of hydrogen-bond acceptors (Lipinski definition) is 6. The summed E-state index contributed by atoms with van der Waals surface area (Å²) in [6, 6.07) is 6.40. The molecule has 0 radical (unpaired) electrons. The van der Waals surface area contributed by atoms with Crippen molar-refractivity contribution in [3.8, 4) is 0 Å². The maximum Gasteiger partial charge on any atom is 0.356 e. The van der Waals surface area contributed by atoms with Gasteiger partial charge < -0.3 is 15.3 Å². The third-order valence-electron chi connectivity index (χ3n) is 6.92. The Kier molecular flexibility index (Phi) is 5.28. The van der Waals surface area contributed by atoms with Gasteiger partial charge in [-0.2, -0.15) is 0 Å². The van der Waals surface area contributed by atoms with Crippen LogP contribution in [-0.4, -0.2) is 38.5 Å². The van der Waals surface area contributed by atoms with E-state index in [-0.39, 0.29) is 22.4 Å². The minimum absolute atomic E-state index is 0.110. The number of aromatic nitrogens is 3. The van der Waals surface area contributed by atoms with Crippen LogP contribution in [0.3, 0.4) is 0 Å². The lowest BCUT2D eigenvalue weighted by Crippen LogP contribution is -2.36. The highest BCUT2D eigenvalue weighted by Gasteiger charge is 2.44. The second kappa shape index (κ2) is 8.02. The number of pyridine rings is 2. The molecule has 3 aromatic rings. The first kappa shape index (κ1) is 21.7. The molecule has 1 atom stereocenters. The zero-order valence-corrected chi connectivity index (χ0v) is 19.4. The predicted molar refractivity (Wildman–Crippen MR) is 128 cm³/mol. The van der Waals surface area contributed by atoms with Crippen LogP contribution in [0.25, 0.3) is 5.65 Å². The first-order valence-electron chi connectivity index (χ1n) is 11.2. The number of aromatic carboxylic acids is 1. The zero-order chi connectivity index (χ0) is 23.3. The highest BCUT2D eigenvalue weighted by atomic mass is 35.5. The van der Waals surface area contributed by atoms with Crippen LogP contribution in [-0.2, 0) is 0 Å². The highest BCUT2D eigenvalue weighted by molar-refractivity contribution is 6.29. The summed E-state index contributed by atoms with van der Waals surface area (Å²) in [7, 11) is 0. The number of anilines is 2. The van der Waals surface area contributed by atoms with E-state index in [9.17, 15) is 14.7 Å². The average molecular weight is 468 g/mol. The van der Waals surface area contributed by atoms with Gasteiger partial charge in [0.2, 0.25) is 0 Å². The van der Waals surface area contributed by atoms with E-state index in [1.807, 2.05) is 19.9 Å². The lowest BCUT2D eigenvalue weighted by molar-refractivity contribution is 0.0691. The van der Waals surface area contributed by atoms with Crippen molar-refractivity contribution in [3.63, 3.8) is 0 Å². The molecule has 2 aliphatic rings. The van der Waals surface area contributed by atoms with Gasteiger partial charge in [0.15, 0.2) is 5.69 Å². The first-order valence-corrected chi connectivity index (χ1v) is 11.6. The van der Waals surface area contributed by atoms with Crippen LogP contribution in [0.2, 0.25) is 5.15 Å². The Bertz CT molecular complexity index is 1310. The van der Waals surface area contributed by atoms with Gasteiger partial charge in [-0.15, -0.1) is 0 Å². The van der Waals surface area contributed by atoms with E-state index in [0.717, 1.165) is 37.1 Å². The number of hydrogen-bond donors (Lipinski definition) is 2. The van der Waals surface area contributed by atoms with Gasteiger partial charge >= 0.3 is 5.97 Å². The van der Waals surface area contributed by atoms with Gasteiger partial charge in [-0.1, -0.05) is 11.6 Å². The summed E-state index contributed by atoms with van der Waals surface area (Å²) in [5.41, 5.74) is 2.88. The normalized spacial score (nSPS) is 17.8. The van der Waals surface area contributed by atoms with Gasteiger partial charge in [0, 0.05) is 30.9 Å². The minimum atomic E-state index is -1.17. The molecule has 2 fully saturated rings. The van der Waals surface area contributed by atoms with E-state index in [4.69, 9.17) is 16.6 Å². The number of nitrogens with one attached hydrogen (secondary N) is 1. The standard InChI is InChI=1S/C24H26ClN5O3/c1-14-11-16(15(2)26-17-3-4-18(25)27-21(17)23(32)33)22-28-19(12-20(31)30(22)13-14)29-9-7-24(5-6-24)8-10-29/h3-4,11-13,15,26H,5-10H2,1-2H3,(H,32,33)/t15-/m0/s1. The van der Waals surface area contributed by atoms with Gasteiger partial charge in [0.1, 0.15) is 16.6 Å². The largest absolute Gasteiger partial charge is 0.476 e. The molecule has 1 saturated heterocycles. The van der Waals surface area contributed by atoms with E-state index in [0.29, 0.717) is 22.6 Å². The van der Waals surface area contributed by atoms with Gasteiger partial charge in [0.25, 0.3) is 5.56 Å². The lowest BCUT2D eigenvalue weighted by Gasteiger charge is -2.33. The number of aryl methyl sites for hydroxylation is 1. The summed E-state index contributed by atoms with van der Waals surface area (Å²) < 4.78 is 1.57. The minimum Gasteiger partial charge on any atom is -0.476 e. The molecule has 3 aromatic heterocycles. The summed E-state index contributed by atoms with van der Waals surface area (Å²) in [6.45, 7) is 5.65. The number of carboxylic acids is 1. The third kappa shape index (κ3) is 4.15. The second-order valence-corrected chi connectivity index (χ2v) is 9.69. The van der Waals surface area contributed by atoms with Crippen molar-refractivity contribution in [1.82, 2.24) is 14.4 Å². The molecule has 0 bridgehead atoms. The highest BCUT2D eigenvalue weighted by Crippen LogP contribution is 2.53. The number of fused-ring (bicyclic) bond motifs is 1. The summed E-state index contributed by atoms with van der Waals surface area (Å²) in [5.74, 6) is -0.469. The van der Waals surface area contributed by atoms with Crippen LogP contribution in [0.5, 0.6) is 0 Å². The lowest BCUT2D eigenvalue weighted by atomic mass is 9.94. The number of carbonyl (C=O) groups is 1. The fraction of sp³-hybridized carbons (Fsp3) is 0.417. The molecule has 0 unspecified atom stereocenters. The molecule has 8 nitrogen and oxygen atoms in total. The fourth-order valence-electron chi connectivity index (χ4n) is 4.75. The number of rotatable bonds is 5. The monoisotopic (exact) mass is 467 g/mol. The van der Waals surface area contributed by atoms with Crippen LogP contribution < -0.4 is 15.8 Å². The van der Waals surface area contributed by atoms with Crippen LogP contribution in [0.15, 0.2) is 35.3 Å². The Labute approximate surface area is 196 Å². The summed E-state index contributed by atoms with van der Waals surface area (Å²) >= 11 is 5.89. The quantitative estimate of drug-likeness (QED) is 0.539. The van der Waals surface area contributed by atoms with Crippen molar-refractivity contribution >= 4 is 34.7 Å². The van der Waals surface area contributed by atoms with Crippen LogP contribution in [0.1, 0.15) is 60.3 Å². The molecule has 0 amide bonds. The van der Waals surface area contributed by atoms with Crippen molar-refractivity contribution in [2.24, 2.45) is 5.41 Å². The molecule has 4 heterocycles. The molecular formula is C24H26ClN5O3. The molecule has 9 heteroatoms. The summed E-state index contributed by atoms with van der Waals surface area (Å²) in [6.07, 6.45) is 6.72. The Morgan fingerprint density at radius 3 is 2.58 bits per heavy atom. The van der Waals surface area contributed by atoms with Crippen LogP contribution in [0, 0.1) is 12.3 Å². The van der Waals surface area contributed by atoms with E-state index < -0.39 is 5.97 Å². The summed E-state index contributed by atoms with van der Waals surface area (Å²) in [5, 5.41) is 12.9. The SMILES string of the molecule is Cc1cc([C@H](C)Nc2ccc(Cl)nc2C(=O)O)c2nc(N3CCC4(CC3)CC4)cc(=O)n2c1. The second-order valence-electron chi connectivity index (χ2n) is 9.31.